The number of pyridine rings is 1. The van der Waals surface area contributed by atoms with Crippen molar-refractivity contribution in [1.29, 1.82) is 0 Å². The number of aromatic nitrogens is 2. The Hall–Kier alpha value is 0.150. The maximum absolute atomic E-state index is 4.20. The molecular formula is C7H4I2N2. The monoisotopic (exact) mass is 370 g/mol. The number of rotatable bonds is 0. The van der Waals surface area contributed by atoms with Gasteiger partial charge >= 0.3 is 0 Å². The van der Waals surface area contributed by atoms with Crippen LogP contribution in [0, 0.1) is 7.40 Å². The molecule has 11 heavy (non-hydrogen) atoms. The van der Waals surface area contributed by atoms with E-state index >= 15 is 0 Å². The van der Waals surface area contributed by atoms with Crippen LogP contribution in [0.5, 0.6) is 0 Å². The predicted octanol–water partition coefficient (Wildman–Crippen LogP) is 2.54. The second-order valence-corrected chi connectivity index (χ2v) is 4.27. The van der Waals surface area contributed by atoms with Crippen LogP contribution in [0.15, 0.2) is 24.5 Å². The number of hydrogen-bond donors (Lipinski definition) is 0. The Labute approximate surface area is 91.3 Å². The Kier molecular flexibility index (Phi) is 2.04. The molecule has 0 aliphatic carbocycles. The zero-order valence-corrected chi connectivity index (χ0v) is 9.77. The second kappa shape index (κ2) is 2.89. The predicted molar refractivity (Wildman–Crippen MR) is 60.6 cm³/mol. The molecule has 2 rings (SSSR count). The lowest BCUT2D eigenvalue weighted by Gasteiger charge is -1.95. The summed E-state index contributed by atoms with van der Waals surface area (Å²) < 4.78 is 4.32. The van der Waals surface area contributed by atoms with Crippen molar-refractivity contribution in [1.82, 2.24) is 9.38 Å². The molecule has 0 unspecified atom stereocenters. The quantitative estimate of drug-likeness (QED) is 0.652. The van der Waals surface area contributed by atoms with E-state index in [4.69, 9.17) is 0 Å². The van der Waals surface area contributed by atoms with Gasteiger partial charge in [-0.2, -0.15) is 0 Å². The molecule has 2 aromatic rings. The Balaban J connectivity index is 2.94. The van der Waals surface area contributed by atoms with E-state index in [1.165, 1.54) is 9.09 Å². The molecule has 2 aromatic heterocycles. The third-order valence-electron chi connectivity index (χ3n) is 1.47. The molecule has 0 atom stereocenters. The van der Waals surface area contributed by atoms with Crippen LogP contribution in [0.1, 0.15) is 0 Å². The first-order chi connectivity index (χ1) is 5.29. The SMILES string of the molecule is Ic1cccn2c(I)ncc12. The molecule has 0 bridgehead atoms. The van der Waals surface area contributed by atoms with Gasteiger partial charge in [-0.3, -0.25) is 4.40 Å². The van der Waals surface area contributed by atoms with Crippen LogP contribution >= 0.6 is 45.2 Å². The second-order valence-electron chi connectivity index (χ2n) is 2.14. The number of halogens is 2. The highest BCUT2D eigenvalue weighted by atomic mass is 127. The maximum atomic E-state index is 4.20. The van der Waals surface area contributed by atoms with Gasteiger partial charge in [-0.15, -0.1) is 0 Å². The summed E-state index contributed by atoms with van der Waals surface area (Å²) in [6, 6.07) is 4.10. The van der Waals surface area contributed by atoms with E-state index in [1.807, 2.05) is 18.5 Å². The molecule has 0 aliphatic heterocycles. The molecule has 0 amide bonds. The molecule has 0 aromatic carbocycles. The Bertz CT molecular complexity index is 394. The molecular weight excluding hydrogens is 366 g/mol. The lowest BCUT2D eigenvalue weighted by Crippen LogP contribution is -1.87. The normalized spacial score (nSPS) is 10.7. The highest BCUT2D eigenvalue weighted by molar-refractivity contribution is 14.1. The summed E-state index contributed by atoms with van der Waals surface area (Å²) in [5.41, 5.74) is 1.18. The molecule has 4 heteroatoms. The van der Waals surface area contributed by atoms with Crippen LogP contribution in [0.4, 0.5) is 0 Å². The van der Waals surface area contributed by atoms with Crippen molar-refractivity contribution in [2.45, 2.75) is 0 Å². The first-order valence-corrected chi connectivity index (χ1v) is 5.22. The van der Waals surface area contributed by atoms with Gasteiger partial charge in [0, 0.05) is 32.4 Å². The van der Waals surface area contributed by atoms with Gasteiger partial charge in [0.2, 0.25) is 0 Å². The summed E-state index contributed by atoms with van der Waals surface area (Å²) in [6.07, 6.45) is 3.91. The lowest BCUT2D eigenvalue weighted by molar-refractivity contribution is 1.09. The molecule has 0 saturated heterocycles. The minimum absolute atomic E-state index is 1.01. The van der Waals surface area contributed by atoms with Crippen molar-refractivity contribution in [2.75, 3.05) is 0 Å². The smallest absolute Gasteiger partial charge is 0.175 e. The van der Waals surface area contributed by atoms with E-state index in [2.05, 4.69) is 60.6 Å². The highest BCUT2D eigenvalue weighted by Gasteiger charge is 2.00. The van der Waals surface area contributed by atoms with E-state index in [0.717, 1.165) is 3.83 Å². The van der Waals surface area contributed by atoms with Gasteiger partial charge in [-0.1, -0.05) is 0 Å². The van der Waals surface area contributed by atoms with Crippen molar-refractivity contribution in [3.63, 3.8) is 0 Å². The Morgan fingerprint density at radius 3 is 2.91 bits per heavy atom. The number of hydrogen-bond acceptors (Lipinski definition) is 1. The van der Waals surface area contributed by atoms with Crippen molar-refractivity contribution in [3.8, 4) is 0 Å². The average molecular weight is 370 g/mol. The van der Waals surface area contributed by atoms with Gasteiger partial charge in [0.1, 0.15) is 0 Å². The molecule has 0 N–H and O–H groups in total. The van der Waals surface area contributed by atoms with E-state index in [1.54, 1.807) is 0 Å². The van der Waals surface area contributed by atoms with Crippen LogP contribution in [0.2, 0.25) is 0 Å². The summed E-state index contributed by atoms with van der Waals surface area (Å²) in [6.45, 7) is 0. The summed E-state index contributed by atoms with van der Waals surface area (Å²) >= 11 is 4.53. The standard InChI is InChI=1S/C7H4I2N2/c8-5-2-1-3-11-6(5)4-10-7(11)9/h1-4H. The summed E-state index contributed by atoms with van der Waals surface area (Å²) in [4.78, 5) is 4.20. The van der Waals surface area contributed by atoms with E-state index in [0.29, 0.717) is 0 Å². The summed E-state index contributed by atoms with van der Waals surface area (Å²) in [5.74, 6) is 0. The average Bonchev–Trinajstić information content (AvgIpc) is 2.35. The van der Waals surface area contributed by atoms with Crippen LogP contribution in [0.3, 0.4) is 0 Å². The number of nitrogens with zero attached hydrogens (tertiary/aromatic N) is 2. The zero-order valence-electron chi connectivity index (χ0n) is 5.46. The molecule has 2 nitrogen and oxygen atoms in total. The van der Waals surface area contributed by atoms with Gasteiger partial charge in [0.15, 0.2) is 3.83 Å². The first-order valence-electron chi connectivity index (χ1n) is 3.06. The van der Waals surface area contributed by atoms with Crippen molar-refractivity contribution >= 4 is 50.7 Å². The van der Waals surface area contributed by atoms with Gasteiger partial charge < -0.3 is 0 Å². The number of fused-ring (bicyclic) bond motifs is 1. The van der Waals surface area contributed by atoms with Crippen LogP contribution in [-0.2, 0) is 0 Å². The molecule has 2 heterocycles. The molecule has 0 saturated carbocycles. The summed E-state index contributed by atoms with van der Waals surface area (Å²) in [5, 5.41) is 0. The third kappa shape index (κ3) is 1.26. The zero-order chi connectivity index (χ0) is 7.84. The fourth-order valence-electron chi connectivity index (χ4n) is 0.956. The molecule has 0 aliphatic rings. The molecule has 0 fully saturated rings. The van der Waals surface area contributed by atoms with Crippen molar-refractivity contribution in [3.05, 3.63) is 31.9 Å². The van der Waals surface area contributed by atoms with Gasteiger partial charge in [0.05, 0.1) is 11.7 Å². The van der Waals surface area contributed by atoms with Gasteiger partial charge in [0.25, 0.3) is 0 Å². The number of imidazole rings is 1. The lowest BCUT2D eigenvalue weighted by atomic mass is 10.4. The maximum Gasteiger partial charge on any atom is 0.175 e. The minimum atomic E-state index is 1.01. The van der Waals surface area contributed by atoms with E-state index in [9.17, 15) is 0 Å². The fourth-order valence-corrected chi connectivity index (χ4v) is 2.12. The van der Waals surface area contributed by atoms with E-state index < -0.39 is 0 Å². The molecule has 56 valence electrons. The topological polar surface area (TPSA) is 17.3 Å². The summed E-state index contributed by atoms with van der Waals surface area (Å²) in [7, 11) is 0. The third-order valence-corrected chi connectivity index (χ3v) is 3.18. The van der Waals surface area contributed by atoms with E-state index in [-0.39, 0.29) is 0 Å². The first kappa shape index (κ1) is 7.78. The molecule has 0 radical (unpaired) electrons. The van der Waals surface area contributed by atoms with Crippen LogP contribution in [0.25, 0.3) is 5.52 Å². The van der Waals surface area contributed by atoms with Crippen LogP contribution in [-0.4, -0.2) is 9.38 Å². The Morgan fingerprint density at radius 2 is 2.18 bits per heavy atom. The van der Waals surface area contributed by atoms with Crippen LogP contribution < -0.4 is 0 Å². The Morgan fingerprint density at radius 1 is 1.36 bits per heavy atom. The fraction of sp³-hybridized carbons (Fsp3) is 0. The largest absolute Gasteiger partial charge is 0.294 e. The van der Waals surface area contributed by atoms with Crippen molar-refractivity contribution in [2.24, 2.45) is 0 Å². The molecule has 0 spiro atoms. The van der Waals surface area contributed by atoms with Gasteiger partial charge in [-0.25, -0.2) is 4.98 Å². The highest BCUT2D eigenvalue weighted by Crippen LogP contribution is 2.15. The van der Waals surface area contributed by atoms with Gasteiger partial charge in [-0.05, 0) is 34.7 Å². The minimum Gasteiger partial charge on any atom is -0.294 e. The van der Waals surface area contributed by atoms with Crippen molar-refractivity contribution < 1.29 is 0 Å².